The Kier molecular flexibility index (Phi) is 6.42. The summed E-state index contributed by atoms with van der Waals surface area (Å²) in [5.41, 5.74) is 8.08. The van der Waals surface area contributed by atoms with E-state index in [9.17, 15) is 5.11 Å². The fraction of sp³-hybridized carbons (Fsp3) is 0.500. The summed E-state index contributed by atoms with van der Waals surface area (Å²) in [6.45, 7) is 1.15. The van der Waals surface area contributed by atoms with Crippen molar-refractivity contribution in [3.8, 4) is 0 Å². The molecule has 1 aliphatic carbocycles. The van der Waals surface area contributed by atoms with Crippen LogP contribution in [-0.2, 0) is 4.74 Å². The lowest BCUT2D eigenvalue weighted by atomic mass is 10.1. The number of benzene rings is 1. The lowest BCUT2D eigenvalue weighted by molar-refractivity contribution is -0.111. The highest BCUT2D eigenvalue weighted by Gasteiger charge is 2.34. The predicted octanol–water partition coefficient (Wildman–Crippen LogP) is 4.20. The van der Waals surface area contributed by atoms with Gasteiger partial charge in [-0.3, -0.25) is 4.90 Å². The first-order valence-corrected chi connectivity index (χ1v) is 11.1. The number of hydrogen-bond acceptors (Lipinski definition) is 5. The van der Waals surface area contributed by atoms with E-state index in [1.165, 1.54) is 12.8 Å². The number of hydrogen-bond donors (Lipinski definition) is 2. The molecule has 4 rings (SSSR count). The SMILES string of the molecule is NC(=Nc1ccc(C(OC2CCCC2)N2CCC[C@@H]2CO)cc1)c1cccs1. The fourth-order valence-corrected chi connectivity index (χ4v) is 4.88. The van der Waals surface area contributed by atoms with Gasteiger partial charge in [0.2, 0.25) is 0 Å². The molecule has 1 aromatic heterocycles. The summed E-state index contributed by atoms with van der Waals surface area (Å²) in [7, 11) is 0. The number of nitrogens with two attached hydrogens (primary N) is 1. The molecule has 150 valence electrons. The zero-order valence-corrected chi connectivity index (χ0v) is 17.0. The minimum absolute atomic E-state index is 0.101. The summed E-state index contributed by atoms with van der Waals surface area (Å²) in [4.78, 5) is 7.86. The van der Waals surface area contributed by atoms with Gasteiger partial charge in [-0.2, -0.15) is 0 Å². The summed E-state index contributed by atoms with van der Waals surface area (Å²) in [5.74, 6) is 0.543. The summed E-state index contributed by atoms with van der Waals surface area (Å²) in [6.07, 6.45) is 7.11. The van der Waals surface area contributed by atoms with E-state index in [1.54, 1.807) is 11.3 Å². The van der Waals surface area contributed by atoms with Crippen molar-refractivity contribution >= 4 is 22.9 Å². The molecule has 28 heavy (non-hydrogen) atoms. The molecule has 6 heteroatoms. The van der Waals surface area contributed by atoms with Gasteiger partial charge in [-0.1, -0.05) is 31.0 Å². The lowest BCUT2D eigenvalue weighted by Crippen LogP contribution is -2.38. The third kappa shape index (κ3) is 4.46. The van der Waals surface area contributed by atoms with E-state index in [1.807, 2.05) is 29.6 Å². The number of ether oxygens (including phenoxy) is 1. The molecule has 1 unspecified atom stereocenters. The van der Waals surface area contributed by atoms with Gasteiger partial charge in [0, 0.05) is 12.6 Å². The maximum atomic E-state index is 9.80. The van der Waals surface area contributed by atoms with Gasteiger partial charge in [0.25, 0.3) is 0 Å². The molecule has 2 fully saturated rings. The molecule has 5 nitrogen and oxygen atoms in total. The Morgan fingerprint density at radius 3 is 2.64 bits per heavy atom. The average Bonchev–Trinajstić information content (AvgIpc) is 3.49. The van der Waals surface area contributed by atoms with E-state index in [2.05, 4.69) is 22.0 Å². The highest BCUT2D eigenvalue weighted by atomic mass is 32.1. The van der Waals surface area contributed by atoms with Crippen LogP contribution in [-0.4, -0.2) is 41.1 Å². The second kappa shape index (κ2) is 9.18. The largest absolute Gasteiger partial charge is 0.395 e. The standard InChI is InChI=1S/C22H29N3O2S/c23-21(20-8-4-14-28-20)24-17-11-9-16(10-12-17)22(27-19-6-1-2-7-19)25-13-3-5-18(25)15-26/h4,8-12,14,18-19,22,26H,1-3,5-7,13,15H2,(H2,23,24)/t18-,22?/m1/s1. The van der Waals surface area contributed by atoms with Crippen LogP contribution in [0.15, 0.2) is 46.8 Å². The van der Waals surface area contributed by atoms with Crippen molar-refractivity contribution in [2.75, 3.05) is 13.2 Å². The number of likely N-dealkylation sites (tertiary alicyclic amines) is 1. The molecule has 1 aliphatic heterocycles. The third-order valence-electron chi connectivity index (χ3n) is 5.76. The molecule has 2 aromatic rings. The summed E-state index contributed by atoms with van der Waals surface area (Å²) in [5, 5.41) is 11.8. The molecule has 2 atom stereocenters. The molecular formula is C22H29N3O2S. The first-order chi connectivity index (χ1) is 13.7. The zero-order valence-electron chi connectivity index (χ0n) is 16.2. The Hall–Kier alpha value is -1.73. The van der Waals surface area contributed by atoms with Crippen molar-refractivity contribution < 1.29 is 9.84 Å². The van der Waals surface area contributed by atoms with Crippen LogP contribution in [0.1, 0.15) is 55.2 Å². The van der Waals surface area contributed by atoms with Gasteiger partial charge >= 0.3 is 0 Å². The molecule has 2 aliphatic rings. The van der Waals surface area contributed by atoms with Gasteiger partial charge in [0.15, 0.2) is 0 Å². The lowest BCUT2D eigenvalue weighted by Gasteiger charge is -2.34. The first kappa shape index (κ1) is 19.6. The summed E-state index contributed by atoms with van der Waals surface area (Å²) < 4.78 is 6.55. The summed E-state index contributed by atoms with van der Waals surface area (Å²) in [6, 6.07) is 12.3. The van der Waals surface area contributed by atoms with Crippen molar-refractivity contribution in [1.29, 1.82) is 0 Å². The topological polar surface area (TPSA) is 71.1 Å². The van der Waals surface area contributed by atoms with E-state index in [0.29, 0.717) is 11.9 Å². The zero-order chi connectivity index (χ0) is 19.3. The number of thiophene rings is 1. The number of aliphatic hydroxyl groups excluding tert-OH is 1. The molecule has 0 spiro atoms. The molecule has 1 saturated heterocycles. The maximum absolute atomic E-state index is 9.80. The molecule has 0 bridgehead atoms. The van der Waals surface area contributed by atoms with Crippen molar-refractivity contribution in [1.82, 2.24) is 4.90 Å². The normalized spacial score (nSPS) is 22.8. The second-order valence-electron chi connectivity index (χ2n) is 7.68. The van der Waals surface area contributed by atoms with Gasteiger partial charge < -0.3 is 15.6 Å². The number of aliphatic hydroxyl groups is 1. The molecule has 1 aromatic carbocycles. The van der Waals surface area contributed by atoms with Crippen LogP contribution in [0, 0.1) is 0 Å². The predicted molar refractivity (Wildman–Crippen MR) is 114 cm³/mol. The maximum Gasteiger partial charge on any atom is 0.141 e. The minimum atomic E-state index is -0.101. The monoisotopic (exact) mass is 399 g/mol. The Balaban J connectivity index is 1.54. The molecule has 1 saturated carbocycles. The number of rotatable bonds is 7. The fourth-order valence-electron chi connectivity index (χ4n) is 4.25. The van der Waals surface area contributed by atoms with Crippen LogP contribution in [0.4, 0.5) is 5.69 Å². The van der Waals surface area contributed by atoms with Gasteiger partial charge in [-0.25, -0.2) is 4.99 Å². The van der Waals surface area contributed by atoms with Crippen LogP contribution in [0.3, 0.4) is 0 Å². The van der Waals surface area contributed by atoms with Gasteiger partial charge in [-0.15, -0.1) is 11.3 Å². The molecular weight excluding hydrogens is 370 g/mol. The Labute approximate surface area is 170 Å². The van der Waals surface area contributed by atoms with Crippen molar-refractivity contribution in [3.63, 3.8) is 0 Å². The number of nitrogens with zero attached hydrogens (tertiary/aromatic N) is 2. The Morgan fingerprint density at radius 2 is 1.96 bits per heavy atom. The van der Waals surface area contributed by atoms with Gasteiger partial charge in [0.1, 0.15) is 12.1 Å². The van der Waals surface area contributed by atoms with E-state index in [-0.39, 0.29) is 18.9 Å². The quantitative estimate of drug-likeness (QED) is 0.541. The number of amidine groups is 1. The molecule has 0 amide bonds. The van der Waals surface area contributed by atoms with Crippen LogP contribution in [0.2, 0.25) is 0 Å². The van der Waals surface area contributed by atoms with Gasteiger partial charge in [0.05, 0.1) is 23.3 Å². The molecule has 3 N–H and O–H groups in total. The van der Waals surface area contributed by atoms with Crippen LogP contribution in [0.25, 0.3) is 0 Å². The average molecular weight is 400 g/mol. The molecule has 0 radical (unpaired) electrons. The van der Waals surface area contributed by atoms with Crippen LogP contribution >= 0.6 is 11.3 Å². The van der Waals surface area contributed by atoms with E-state index in [4.69, 9.17) is 10.5 Å². The van der Waals surface area contributed by atoms with E-state index in [0.717, 1.165) is 48.4 Å². The van der Waals surface area contributed by atoms with Crippen LogP contribution < -0.4 is 5.73 Å². The Bertz CT molecular complexity index is 770. The first-order valence-electron chi connectivity index (χ1n) is 10.2. The van der Waals surface area contributed by atoms with Crippen molar-refractivity contribution in [3.05, 3.63) is 52.2 Å². The highest BCUT2D eigenvalue weighted by Crippen LogP contribution is 2.35. The summed E-state index contributed by atoms with van der Waals surface area (Å²) >= 11 is 1.59. The highest BCUT2D eigenvalue weighted by molar-refractivity contribution is 7.12. The number of aliphatic imine (C=N–C) groups is 1. The smallest absolute Gasteiger partial charge is 0.141 e. The van der Waals surface area contributed by atoms with Crippen molar-refractivity contribution in [2.24, 2.45) is 10.7 Å². The van der Waals surface area contributed by atoms with Crippen LogP contribution in [0.5, 0.6) is 0 Å². The molecule has 2 heterocycles. The second-order valence-corrected chi connectivity index (χ2v) is 8.62. The van der Waals surface area contributed by atoms with Crippen molar-refractivity contribution in [2.45, 2.75) is 56.9 Å². The van der Waals surface area contributed by atoms with E-state index < -0.39 is 0 Å². The third-order valence-corrected chi connectivity index (χ3v) is 6.65. The van der Waals surface area contributed by atoms with Gasteiger partial charge in [-0.05, 0) is 54.8 Å². The Morgan fingerprint density at radius 1 is 1.18 bits per heavy atom. The minimum Gasteiger partial charge on any atom is -0.395 e. The van der Waals surface area contributed by atoms with E-state index >= 15 is 0 Å².